The number of methoxy groups -OCH3 is 1. The molecule has 1 heterocycles. The molecule has 0 spiro atoms. The molecule has 0 aliphatic heterocycles. The lowest BCUT2D eigenvalue weighted by molar-refractivity contribution is -0.0498. The minimum atomic E-state index is -2.88. The van der Waals surface area contributed by atoms with Crippen LogP contribution in [0.5, 0.6) is 5.75 Å². The smallest absolute Gasteiger partial charge is 0.387 e. The zero-order valence-electron chi connectivity index (χ0n) is 15.6. The van der Waals surface area contributed by atoms with E-state index >= 15 is 0 Å². The van der Waals surface area contributed by atoms with E-state index < -0.39 is 12.6 Å². The molecule has 0 saturated carbocycles. The lowest BCUT2D eigenvalue weighted by atomic mass is 10.0. The Morgan fingerprint density at radius 1 is 1.18 bits per heavy atom. The van der Waals surface area contributed by atoms with Gasteiger partial charge in [-0.1, -0.05) is 18.1 Å². The van der Waals surface area contributed by atoms with Gasteiger partial charge in [0.25, 0.3) is 0 Å². The van der Waals surface area contributed by atoms with E-state index in [-0.39, 0.29) is 11.8 Å². The van der Waals surface area contributed by atoms with Crippen molar-refractivity contribution in [3.8, 4) is 17.6 Å². The highest BCUT2D eigenvalue weighted by atomic mass is 19.3. The molecule has 0 N–H and O–H groups in total. The quantitative estimate of drug-likeness (QED) is 0.483. The van der Waals surface area contributed by atoms with Crippen molar-refractivity contribution in [2.45, 2.75) is 26.5 Å². The van der Waals surface area contributed by atoms with Crippen LogP contribution in [0.15, 0.2) is 42.6 Å². The van der Waals surface area contributed by atoms with Gasteiger partial charge in [-0.3, -0.25) is 4.68 Å². The summed E-state index contributed by atoms with van der Waals surface area (Å²) < 4.78 is 35.7. The van der Waals surface area contributed by atoms with Crippen molar-refractivity contribution >= 4 is 16.9 Å². The zero-order chi connectivity index (χ0) is 20.3. The Labute approximate surface area is 160 Å². The molecule has 0 bridgehead atoms. The van der Waals surface area contributed by atoms with E-state index in [1.807, 2.05) is 6.92 Å². The van der Waals surface area contributed by atoms with Crippen LogP contribution in [-0.4, -0.2) is 29.5 Å². The van der Waals surface area contributed by atoms with Gasteiger partial charge in [0, 0.05) is 10.9 Å². The van der Waals surface area contributed by atoms with Crippen LogP contribution in [0.1, 0.15) is 41.4 Å². The largest absolute Gasteiger partial charge is 0.465 e. The van der Waals surface area contributed by atoms with Gasteiger partial charge in [-0.2, -0.15) is 13.9 Å². The molecule has 1 atom stereocenters. The normalized spacial score (nSPS) is 11.8. The number of aromatic nitrogens is 2. The van der Waals surface area contributed by atoms with Gasteiger partial charge in [-0.15, -0.1) is 5.92 Å². The summed E-state index contributed by atoms with van der Waals surface area (Å²) in [7, 11) is 1.32. The Bertz CT molecular complexity index is 1060. The number of carbonyl (C=O) groups excluding carboxylic acids is 1. The van der Waals surface area contributed by atoms with E-state index in [9.17, 15) is 13.6 Å². The minimum absolute atomic E-state index is 0.0760. The monoisotopic (exact) mass is 384 g/mol. The van der Waals surface area contributed by atoms with Crippen LogP contribution in [0.3, 0.4) is 0 Å². The number of fused-ring (bicyclic) bond motifs is 1. The van der Waals surface area contributed by atoms with Gasteiger partial charge in [0.15, 0.2) is 0 Å². The maximum Gasteiger partial charge on any atom is 0.387 e. The predicted molar refractivity (Wildman–Crippen MR) is 101 cm³/mol. The van der Waals surface area contributed by atoms with Crippen molar-refractivity contribution in [2.24, 2.45) is 0 Å². The number of halogens is 2. The number of rotatable bonds is 5. The molecule has 0 aliphatic rings. The maximum absolute atomic E-state index is 12.3. The molecule has 0 fully saturated rings. The van der Waals surface area contributed by atoms with E-state index in [0.717, 1.165) is 16.5 Å². The van der Waals surface area contributed by atoms with Gasteiger partial charge in [-0.25, -0.2) is 4.79 Å². The van der Waals surface area contributed by atoms with Crippen LogP contribution < -0.4 is 4.74 Å². The first kappa shape index (κ1) is 19.4. The first-order valence-corrected chi connectivity index (χ1v) is 8.52. The fourth-order valence-corrected chi connectivity index (χ4v) is 3.04. The van der Waals surface area contributed by atoms with E-state index in [1.54, 1.807) is 42.1 Å². The number of hydrogen-bond acceptors (Lipinski definition) is 4. The van der Waals surface area contributed by atoms with Crippen LogP contribution in [-0.2, 0) is 4.74 Å². The molecule has 2 aromatic carbocycles. The number of ether oxygens (including phenoxy) is 2. The molecular formula is C21H18F2N2O3. The van der Waals surface area contributed by atoms with Crippen molar-refractivity contribution in [3.63, 3.8) is 0 Å². The third-order valence-electron chi connectivity index (χ3n) is 4.38. The van der Waals surface area contributed by atoms with Crippen molar-refractivity contribution < 1.29 is 23.0 Å². The summed E-state index contributed by atoms with van der Waals surface area (Å²) in [5.74, 6) is 5.46. The second kappa shape index (κ2) is 8.09. The Morgan fingerprint density at radius 2 is 1.89 bits per heavy atom. The van der Waals surface area contributed by atoms with Crippen molar-refractivity contribution in [1.82, 2.24) is 9.78 Å². The summed E-state index contributed by atoms with van der Waals surface area (Å²) in [4.78, 5) is 12.3. The number of benzene rings is 2. The van der Waals surface area contributed by atoms with Gasteiger partial charge in [0.2, 0.25) is 0 Å². The number of hydrogen-bond donors (Lipinski definition) is 0. The second-order valence-electron chi connectivity index (χ2n) is 6.00. The average Bonchev–Trinajstić information content (AvgIpc) is 3.13. The van der Waals surface area contributed by atoms with Crippen molar-refractivity contribution in [1.29, 1.82) is 0 Å². The van der Waals surface area contributed by atoms with Gasteiger partial charge >= 0.3 is 12.6 Å². The summed E-state index contributed by atoms with van der Waals surface area (Å²) in [5.41, 5.74) is 2.55. The summed E-state index contributed by atoms with van der Waals surface area (Å²) in [6.07, 6.45) is 1.66. The first-order chi connectivity index (χ1) is 13.5. The minimum Gasteiger partial charge on any atom is -0.465 e. The molecule has 144 valence electrons. The Hall–Kier alpha value is -3.40. The molecule has 3 rings (SSSR count). The number of esters is 1. The third kappa shape index (κ3) is 3.67. The zero-order valence-corrected chi connectivity index (χ0v) is 15.6. The lowest BCUT2D eigenvalue weighted by Crippen LogP contribution is -2.12. The summed E-state index contributed by atoms with van der Waals surface area (Å²) in [6, 6.07) is 9.47. The molecule has 0 saturated heterocycles. The van der Waals surface area contributed by atoms with E-state index in [1.165, 1.54) is 19.2 Å². The third-order valence-corrected chi connectivity index (χ3v) is 4.38. The Kier molecular flexibility index (Phi) is 5.59. The molecule has 0 radical (unpaired) electrons. The molecule has 1 unspecified atom stereocenters. The molecule has 1 aromatic heterocycles. The number of nitrogens with zero attached hydrogens (tertiary/aromatic N) is 2. The van der Waals surface area contributed by atoms with E-state index in [4.69, 9.17) is 4.74 Å². The molecule has 5 nitrogen and oxygen atoms in total. The van der Waals surface area contributed by atoms with Crippen LogP contribution in [0, 0.1) is 11.8 Å². The van der Waals surface area contributed by atoms with Crippen molar-refractivity contribution in [3.05, 3.63) is 59.3 Å². The first-order valence-electron chi connectivity index (χ1n) is 8.52. The lowest BCUT2D eigenvalue weighted by Gasteiger charge is -2.16. The van der Waals surface area contributed by atoms with Gasteiger partial charge in [0.05, 0.1) is 30.4 Å². The molecule has 28 heavy (non-hydrogen) atoms. The van der Waals surface area contributed by atoms with Crippen LogP contribution in [0.4, 0.5) is 8.78 Å². The standard InChI is InChI=1S/C21H18F2N2O3/c1-4-5-15-8-11-17(20(26)27-3)19-18(15)12-24-25(19)13(2)14-6-9-16(10-7-14)28-21(22)23/h6-13,21H,1-3H3. The molecule has 0 amide bonds. The fourth-order valence-electron chi connectivity index (χ4n) is 3.04. The van der Waals surface area contributed by atoms with E-state index in [0.29, 0.717) is 11.1 Å². The Morgan fingerprint density at radius 3 is 2.50 bits per heavy atom. The molecule has 7 heteroatoms. The average molecular weight is 384 g/mol. The second-order valence-corrected chi connectivity index (χ2v) is 6.00. The van der Waals surface area contributed by atoms with Crippen LogP contribution in [0.25, 0.3) is 10.9 Å². The van der Waals surface area contributed by atoms with Gasteiger partial charge in [0.1, 0.15) is 5.75 Å². The van der Waals surface area contributed by atoms with Crippen LogP contribution in [0.2, 0.25) is 0 Å². The topological polar surface area (TPSA) is 53.3 Å². The van der Waals surface area contributed by atoms with Crippen molar-refractivity contribution in [2.75, 3.05) is 7.11 Å². The van der Waals surface area contributed by atoms with Gasteiger partial charge in [-0.05, 0) is 43.7 Å². The molecular weight excluding hydrogens is 366 g/mol. The highest BCUT2D eigenvalue weighted by Crippen LogP contribution is 2.29. The summed E-state index contributed by atoms with van der Waals surface area (Å²) >= 11 is 0. The fraction of sp³-hybridized carbons (Fsp3) is 0.238. The maximum atomic E-state index is 12.3. The predicted octanol–water partition coefficient (Wildman–Crippen LogP) is 4.41. The van der Waals surface area contributed by atoms with E-state index in [2.05, 4.69) is 21.7 Å². The Balaban J connectivity index is 2.10. The highest BCUT2D eigenvalue weighted by molar-refractivity contribution is 6.04. The SMILES string of the molecule is CC#Cc1ccc(C(=O)OC)c2c1cnn2C(C)c1ccc(OC(F)F)cc1. The van der Waals surface area contributed by atoms with Crippen LogP contribution >= 0.6 is 0 Å². The van der Waals surface area contributed by atoms with Gasteiger partial charge < -0.3 is 9.47 Å². The highest BCUT2D eigenvalue weighted by Gasteiger charge is 2.20. The number of carbonyl (C=O) groups is 1. The molecule has 0 aliphatic carbocycles. The summed E-state index contributed by atoms with van der Waals surface area (Å²) in [6.45, 7) is 0.754. The summed E-state index contributed by atoms with van der Waals surface area (Å²) in [5, 5.41) is 5.19. The number of alkyl halides is 2. The molecule has 3 aromatic rings.